The number of thioether (sulfide) groups is 1. The lowest BCUT2D eigenvalue weighted by atomic mass is 10.1. The van der Waals surface area contributed by atoms with Gasteiger partial charge in [0.1, 0.15) is 5.82 Å². The van der Waals surface area contributed by atoms with Crippen LogP contribution in [0.3, 0.4) is 0 Å². The Kier molecular flexibility index (Phi) is 6.34. The molecule has 0 saturated heterocycles. The van der Waals surface area contributed by atoms with Gasteiger partial charge in [0, 0.05) is 16.3 Å². The van der Waals surface area contributed by atoms with Gasteiger partial charge >= 0.3 is 0 Å². The lowest BCUT2D eigenvalue weighted by Crippen LogP contribution is -2.38. The van der Waals surface area contributed by atoms with Gasteiger partial charge in [0.2, 0.25) is 0 Å². The molecule has 0 aliphatic heterocycles. The van der Waals surface area contributed by atoms with Crippen LogP contribution in [0.5, 0.6) is 0 Å². The van der Waals surface area contributed by atoms with E-state index in [2.05, 4.69) is 28.3 Å². The number of rotatable bonds is 6. The fraction of sp³-hybridized carbons (Fsp3) is 0.455. The molecule has 0 aliphatic carbocycles. The molecule has 0 aliphatic rings. The van der Waals surface area contributed by atoms with Crippen LogP contribution in [0.25, 0.3) is 0 Å². The van der Waals surface area contributed by atoms with Crippen LogP contribution in [-0.4, -0.2) is 17.5 Å². The van der Waals surface area contributed by atoms with Crippen molar-refractivity contribution < 1.29 is 4.39 Å². The van der Waals surface area contributed by atoms with E-state index in [1.165, 1.54) is 6.07 Å². The summed E-state index contributed by atoms with van der Waals surface area (Å²) in [7, 11) is 0. The maximum Gasteiger partial charge on any atom is 0.123 e. The Labute approximate surface area is 108 Å². The number of nitrogens with one attached hydrogen (secondary N) is 1. The van der Waals surface area contributed by atoms with Crippen molar-refractivity contribution in [2.24, 2.45) is 5.84 Å². The number of hydrogen-bond donors (Lipinski definition) is 2. The molecule has 16 heavy (non-hydrogen) atoms. The van der Waals surface area contributed by atoms with Crippen LogP contribution in [0.2, 0.25) is 0 Å². The molecule has 0 heterocycles. The van der Waals surface area contributed by atoms with Gasteiger partial charge in [-0.25, -0.2) is 4.39 Å². The Morgan fingerprint density at radius 2 is 2.31 bits per heavy atom. The fourth-order valence-electron chi connectivity index (χ4n) is 1.39. The third kappa shape index (κ3) is 4.41. The van der Waals surface area contributed by atoms with E-state index in [1.807, 2.05) is 11.8 Å². The van der Waals surface area contributed by atoms with Gasteiger partial charge in [-0.3, -0.25) is 11.3 Å². The van der Waals surface area contributed by atoms with Crippen molar-refractivity contribution in [2.75, 3.05) is 11.5 Å². The monoisotopic (exact) mass is 306 g/mol. The van der Waals surface area contributed by atoms with Crippen LogP contribution in [0.15, 0.2) is 22.7 Å². The minimum atomic E-state index is -0.211. The summed E-state index contributed by atoms with van der Waals surface area (Å²) in [5.74, 6) is 7.25. The van der Waals surface area contributed by atoms with Crippen LogP contribution >= 0.6 is 27.7 Å². The van der Waals surface area contributed by atoms with Crippen molar-refractivity contribution in [3.63, 3.8) is 0 Å². The summed E-state index contributed by atoms with van der Waals surface area (Å²) >= 11 is 5.23. The van der Waals surface area contributed by atoms with E-state index in [0.717, 1.165) is 28.0 Å². The minimum absolute atomic E-state index is 0.169. The zero-order valence-corrected chi connectivity index (χ0v) is 11.6. The summed E-state index contributed by atoms with van der Waals surface area (Å²) in [4.78, 5) is 0. The predicted molar refractivity (Wildman–Crippen MR) is 71.9 cm³/mol. The fourth-order valence-corrected chi connectivity index (χ4v) is 2.53. The zero-order chi connectivity index (χ0) is 12.0. The van der Waals surface area contributed by atoms with Crippen molar-refractivity contribution >= 4 is 27.7 Å². The molecule has 0 fully saturated rings. The maximum absolute atomic E-state index is 13.1. The standard InChI is InChI=1S/C11H16BrFN2S/c1-2-16-7-10(15-14)6-8-5-9(13)3-4-11(8)12/h3-5,10,15H,2,6-7,14H2,1H3. The molecule has 0 spiro atoms. The zero-order valence-electron chi connectivity index (χ0n) is 9.17. The number of nitrogens with two attached hydrogens (primary N) is 1. The van der Waals surface area contributed by atoms with Gasteiger partial charge in [-0.05, 0) is 35.9 Å². The van der Waals surface area contributed by atoms with Crippen LogP contribution < -0.4 is 11.3 Å². The molecule has 1 unspecified atom stereocenters. The molecule has 5 heteroatoms. The number of hydrazine groups is 1. The highest BCUT2D eigenvalue weighted by molar-refractivity contribution is 9.10. The van der Waals surface area contributed by atoms with Gasteiger partial charge in [-0.2, -0.15) is 11.8 Å². The molecule has 1 rings (SSSR count). The highest BCUT2D eigenvalue weighted by Gasteiger charge is 2.10. The second-order valence-corrected chi connectivity index (χ2v) is 5.64. The van der Waals surface area contributed by atoms with E-state index < -0.39 is 0 Å². The van der Waals surface area contributed by atoms with Crippen molar-refractivity contribution in [3.05, 3.63) is 34.1 Å². The molecular formula is C11H16BrFN2S. The average Bonchev–Trinajstić information content (AvgIpc) is 2.28. The quantitative estimate of drug-likeness (QED) is 0.627. The Morgan fingerprint density at radius 1 is 1.56 bits per heavy atom. The molecule has 0 radical (unpaired) electrons. The Balaban J connectivity index is 2.65. The van der Waals surface area contributed by atoms with E-state index in [1.54, 1.807) is 12.1 Å². The first-order valence-corrected chi connectivity index (χ1v) is 7.10. The molecule has 2 nitrogen and oxygen atoms in total. The van der Waals surface area contributed by atoms with Crippen molar-refractivity contribution in [1.82, 2.24) is 5.43 Å². The van der Waals surface area contributed by atoms with E-state index in [4.69, 9.17) is 5.84 Å². The topological polar surface area (TPSA) is 38.0 Å². The molecule has 1 aromatic carbocycles. The summed E-state index contributed by atoms with van der Waals surface area (Å²) in [6.45, 7) is 2.11. The molecular weight excluding hydrogens is 291 g/mol. The molecule has 0 aromatic heterocycles. The van der Waals surface area contributed by atoms with Gasteiger partial charge in [-0.1, -0.05) is 22.9 Å². The average molecular weight is 307 g/mol. The number of benzene rings is 1. The highest BCUT2D eigenvalue weighted by atomic mass is 79.9. The van der Waals surface area contributed by atoms with Crippen LogP contribution in [0, 0.1) is 5.82 Å². The van der Waals surface area contributed by atoms with Gasteiger partial charge in [0.25, 0.3) is 0 Å². The normalized spacial score (nSPS) is 12.8. The SMILES string of the molecule is CCSCC(Cc1cc(F)ccc1Br)NN. The van der Waals surface area contributed by atoms with Crippen LogP contribution in [-0.2, 0) is 6.42 Å². The van der Waals surface area contributed by atoms with Crippen LogP contribution in [0.4, 0.5) is 4.39 Å². The molecule has 3 N–H and O–H groups in total. The summed E-state index contributed by atoms with van der Waals surface area (Å²) in [5.41, 5.74) is 3.71. The second-order valence-electron chi connectivity index (χ2n) is 3.46. The summed E-state index contributed by atoms with van der Waals surface area (Å²) < 4.78 is 14.0. The number of hydrogen-bond acceptors (Lipinski definition) is 3. The Bertz CT molecular complexity index is 336. The van der Waals surface area contributed by atoms with Gasteiger partial charge in [0.05, 0.1) is 0 Å². The molecule has 0 bridgehead atoms. The Hall–Kier alpha value is -0.100. The van der Waals surface area contributed by atoms with Gasteiger partial charge in [-0.15, -0.1) is 0 Å². The summed E-state index contributed by atoms with van der Waals surface area (Å²) in [6, 6.07) is 4.89. The second kappa shape index (κ2) is 7.27. The number of halogens is 2. The first-order chi connectivity index (χ1) is 7.67. The molecule has 1 atom stereocenters. The van der Waals surface area contributed by atoms with Gasteiger partial charge in [0.15, 0.2) is 0 Å². The first-order valence-electron chi connectivity index (χ1n) is 5.15. The minimum Gasteiger partial charge on any atom is -0.271 e. The van der Waals surface area contributed by atoms with Crippen LogP contribution in [0.1, 0.15) is 12.5 Å². The third-order valence-electron chi connectivity index (χ3n) is 2.23. The molecule has 90 valence electrons. The van der Waals surface area contributed by atoms with E-state index in [-0.39, 0.29) is 11.9 Å². The lowest BCUT2D eigenvalue weighted by Gasteiger charge is -2.16. The maximum atomic E-state index is 13.1. The van der Waals surface area contributed by atoms with Crippen molar-refractivity contribution in [2.45, 2.75) is 19.4 Å². The lowest BCUT2D eigenvalue weighted by molar-refractivity contribution is 0.569. The third-order valence-corrected chi connectivity index (χ3v) is 4.05. The largest absolute Gasteiger partial charge is 0.271 e. The van der Waals surface area contributed by atoms with E-state index in [9.17, 15) is 4.39 Å². The molecule has 0 saturated carbocycles. The first kappa shape index (κ1) is 14.0. The van der Waals surface area contributed by atoms with Crippen molar-refractivity contribution in [1.29, 1.82) is 0 Å². The van der Waals surface area contributed by atoms with Crippen molar-refractivity contribution in [3.8, 4) is 0 Å². The van der Waals surface area contributed by atoms with Gasteiger partial charge < -0.3 is 0 Å². The summed E-state index contributed by atoms with van der Waals surface area (Å²) in [6.07, 6.45) is 0.724. The molecule has 0 amide bonds. The highest BCUT2D eigenvalue weighted by Crippen LogP contribution is 2.20. The van der Waals surface area contributed by atoms with E-state index >= 15 is 0 Å². The Morgan fingerprint density at radius 3 is 2.94 bits per heavy atom. The summed E-state index contributed by atoms with van der Waals surface area (Å²) in [5, 5.41) is 0. The predicted octanol–water partition coefficient (Wildman–Crippen LogP) is 2.72. The van der Waals surface area contributed by atoms with E-state index in [0.29, 0.717) is 0 Å². The smallest absolute Gasteiger partial charge is 0.123 e. The molecule has 1 aromatic rings.